The van der Waals surface area contributed by atoms with Crippen molar-refractivity contribution in [1.82, 2.24) is 9.80 Å². The lowest BCUT2D eigenvalue weighted by Gasteiger charge is -2.34. The number of carbonyl (C=O) groups is 1. The number of hydrogen-bond acceptors (Lipinski definition) is 2. The lowest BCUT2D eigenvalue weighted by Crippen LogP contribution is -2.46. The second kappa shape index (κ2) is 8.39. The maximum atomic E-state index is 13.1. The maximum Gasteiger partial charge on any atom is 0.224 e. The summed E-state index contributed by atoms with van der Waals surface area (Å²) in [5.41, 5.74) is 0.933. The summed E-state index contributed by atoms with van der Waals surface area (Å²) in [6, 6.07) is 6.40. The lowest BCUT2D eigenvalue weighted by atomic mass is 10.0. The molecule has 128 valence electrons. The summed E-state index contributed by atoms with van der Waals surface area (Å²) in [6.07, 6.45) is 0.966. The Bertz CT molecular complexity index is 504. The van der Waals surface area contributed by atoms with Gasteiger partial charge in [0.05, 0.1) is 6.67 Å². The van der Waals surface area contributed by atoms with Gasteiger partial charge in [0, 0.05) is 38.6 Å². The summed E-state index contributed by atoms with van der Waals surface area (Å²) in [5.74, 6) is 0.162. The van der Waals surface area contributed by atoms with Gasteiger partial charge in [-0.1, -0.05) is 26.0 Å². The zero-order valence-corrected chi connectivity index (χ0v) is 14.0. The number of carbonyl (C=O) groups excluding carboxylic acids is 1. The van der Waals surface area contributed by atoms with E-state index in [4.69, 9.17) is 0 Å². The number of alkyl halides is 1. The molecule has 1 amide bonds. The molecular weight excluding hydrogens is 298 g/mol. The van der Waals surface area contributed by atoms with Crippen molar-refractivity contribution in [3.8, 4) is 0 Å². The highest BCUT2D eigenvalue weighted by Gasteiger charge is 2.31. The van der Waals surface area contributed by atoms with E-state index in [9.17, 15) is 13.6 Å². The van der Waals surface area contributed by atoms with E-state index in [0.29, 0.717) is 38.4 Å². The van der Waals surface area contributed by atoms with Crippen LogP contribution in [0.1, 0.15) is 32.3 Å². The number of nitrogens with zero attached hydrogens (tertiary/aromatic N) is 2. The number of amides is 1. The van der Waals surface area contributed by atoms with E-state index < -0.39 is 0 Å². The summed E-state index contributed by atoms with van der Waals surface area (Å²) in [7, 11) is 0. The van der Waals surface area contributed by atoms with E-state index in [1.165, 1.54) is 12.1 Å². The van der Waals surface area contributed by atoms with Crippen LogP contribution < -0.4 is 0 Å². The van der Waals surface area contributed by atoms with Gasteiger partial charge >= 0.3 is 0 Å². The van der Waals surface area contributed by atoms with Crippen LogP contribution in [0, 0.1) is 11.7 Å². The maximum absolute atomic E-state index is 13.1. The first kappa shape index (κ1) is 17.9. The smallest absolute Gasteiger partial charge is 0.224 e. The molecule has 1 aliphatic heterocycles. The number of halogens is 2. The average Bonchev–Trinajstić information content (AvgIpc) is 2.68. The summed E-state index contributed by atoms with van der Waals surface area (Å²) in [6.45, 7) is 6.53. The van der Waals surface area contributed by atoms with E-state index in [1.807, 2.05) is 4.90 Å². The van der Waals surface area contributed by atoms with Gasteiger partial charge in [-0.25, -0.2) is 4.39 Å². The first-order chi connectivity index (χ1) is 11.0. The summed E-state index contributed by atoms with van der Waals surface area (Å²) >= 11 is 0. The van der Waals surface area contributed by atoms with Crippen LogP contribution in [0.25, 0.3) is 0 Å². The standard InChI is InChI=1S/C18H26F2N2O/c1-14(2)17-13-21(10-3-9-19)11-8-18(23)22(17)12-15-4-6-16(20)7-5-15/h4-7,14,17H,3,8-13H2,1-2H3/t17-/m0/s1. The van der Waals surface area contributed by atoms with Crippen molar-refractivity contribution >= 4 is 5.91 Å². The number of hydrogen-bond donors (Lipinski definition) is 0. The first-order valence-corrected chi connectivity index (χ1v) is 8.33. The van der Waals surface area contributed by atoms with Crippen LogP contribution in [0.2, 0.25) is 0 Å². The molecular formula is C18H26F2N2O. The first-order valence-electron chi connectivity index (χ1n) is 8.33. The van der Waals surface area contributed by atoms with Crippen LogP contribution in [-0.4, -0.2) is 48.1 Å². The van der Waals surface area contributed by atoms with Crippen LogP contribution in [0.5, 0.6) is 0 Å². The van der Waals surface area contributed by atoms with Gasteiger partial charge in [-0.2, -0.15) is 0 Å². The average molecular weight is 324 g/mol. The van der Waals surface area contributed by atoms with Crippen LogP contribution in [0.4, 0.5) is 8.78 Å². The molecule has 3 nitrogen and oxygen atoms in total. The molecule has 5 heteroatoms. The third-order valence-corrected chi connectivity index (χ3v) is 4.45. The molecule has 0 N–H and O–H groups in total. The molecule has 0 spiro atoms. The van der Waals surface area contributed by atoms with E-state index >= 15 is 0 Å². The Morgan fingerprint density at radius 2 is 1.96 bits per heavy atom. The fourth-order valence-electron chi connectivity index (χ4n) is 3.09. The minimum Gasteiger partial charge on any atom is -0.334 e. The van der Waals surface area contributed by atoms with Crippen LogP contribution in [-0.2, 0) is 11.3 Å². The monoisotopic (exact) mass is 324 g/mol. The van der Waals surface area contributed by atoms with Crippen molar-refractivity contribution < 1.29 is 13.6 Å². The Hall–Kier alpha value is -1.49. The van der Waals surface area contributed by atoms with Gasteiger partial charge in [0.1, 0.15) is 5.82 Å². The predicted molar refractivity (Wildman–Crippen MR) is 87.2 cm³/mol. The SMILES string of the molecule is CC(C)[C@@H]1CN(CCCF)CCC(=O)N1Cc1ccc(F)cc1. The molecule has 0 saturated carbocycles. The molecule has 1 atom stereocenters. The van der Waals surface area contributed by atoms with Gasteiger partial charge in [0.15, 0.2) is 0 Å². The molecule has 2 rings (SSSR count). The largest absolute Gasteiger partial charge is 0.334 e. The second-order valence-electron chi connectivity index (χ2n) is 6.55. The fraction of sp³-hybridized carbons (Fsp3) is 0.611. The molecule has 23 heavy (non-hydrogen) atoms. The second-order valence-corrected chi connectivity index (χ2v) is 6.55. The topological polar surface area (TPSA) is 23.6 Å². The number of benzene rings is 1. The molecule has 0 radical (unpaired) electrons. The molecule has 1 aromatic rings. The minimum atomic E-state index is -0.323. The van der Waals surface area contributed by atoms with Gasteiger partial charge in [-0.15, -0.1) is 0 Å². The van der Waals surface area contributed by atoms with Gasteiger partial charge in [0.2, 0.25) is 5.91 Å². The Kier molecular flexibility index (Phi) is 6.51. The molecule has 1 heterocycles. The Morgan fingerprint density at radius 1 is 1.26 bits per heavy atom. The third-order valence-electron chi connectivity index (χ3n) is 4.45. The van der Waals surface area contributed by atoms with E-state index in [1.54, 1.807) is 12.1 Å². The van der Waals surface area contributed by atoms with Crippen molar-refractivity contribution in [3.05, 3.63) is 35.6 Å². The van der Waals surface area contributed by atoms with Crippen molar-refractivity contribution in [1.29, 1.82) is 0 Å². The van der Waals surface area contributed by atoms with Gasteiger partial charge in [-0.3, -0.25) is 9.18 Å². The zero-order chi connectivity index (χ0) is 16.8. The van der Waals surface area contributed by atoms with Crippen molar-refractivity contribution in [3.63, 3.8) is 0 Å². The third kappa shape index (κ3) is 4.99. The highest BCUT2D eigenvalue weighted by atomic mass is 19.1. The molecule has 1 fully saturated rings. The van der Waals surface area contributed by atoms with Gasteiger partial charge < -0.3 is 9.80 Å². The van der Waals surface area contributed by atoms with Gasteiger partial charge in [0.25, 0.3) is 0 Å². The summed E-state index contributed by atoms with van der Waals surface area (Å²) in [4.78, 5) is 16.7. The molecule has 1 aromatic carbocycles. The highest BCUT2D eigenvalue weighted by Crippen LogP contribution is 2.21. The van der Waals surface area contributed by atoms with Crippen molar-refractivity contribution in [2.24, 2.45) is 5.92 Å². The molecule has 0 bridgehead atoms. The van der Waals surface area contributed by atoms with E-state index in [0.717, 1.165) is 12.1 Å². The molecule has 1 saturated heterocycles. The number of rotatable bonds is 6. The Morgan fingerprint density at radius 3 is 2.57 bits per heavy atom. The molecule has 0 aromatic heterocycles. The molecule has 0 aliphatic carbocycles. The van der Waals surface area contributed by atoms with E-state index in [-0.39, 0.29) is 24.4 Å². The van der Waals surface area contributed by atoms with Crippen LogP contribution in [0.3, 0.4) is 0 Å². The van der Waals surface area contributed by atoms with Crippen LogP contribution >= 0.6 is 0 Å². The summed E-state index contributed by atoms with van der Waals surface area (Å²) in [5, 5.41) is 0. The normalized spacial score (nSPS) is 20.1. The predicted octanol–water partition coefficient (Wildman–Crippen LogP) is 3.24. The lowest BCUT2D eigenvalue weighted by molar-refractivity contribution is -0.134. The Balaban J connectivity index is 2.13. The zero-order valence-electron chi connectivity index (χ0n) is 14.0. The fourth-order valence-corrected chi connectivity index (χ4v) is 3.09. The van der Waals surface area contributed by atoms with Crippen molar-refractivity contribution in [2.45, 2.75) is 39.3 Å². The molecule has 1 aliphatic rings. The quantitative estimate of drug-likeness (QED) is 0.802. The molecule has 0 unspecified atom stereocenters. The van der Waals surface area contributed by atoms with Crippen molar-refractivity contribution in [2.75, 3.05) is 26.3 Å². The summed E-state index contributed by atoms with van der Waals surface area (Å²) < 4.78 is 25.5. The Labute approximate surface area is 137 Å². The highest BCUT2D eigenvalue weighted by molar-refractivity contribution is 5.77. The van der Waals surface area contributed by atoms with Gasteiger partial charge in [-0.05, 0) is 30.0 Å². The van der Waals surface area contributed by atoms with Crippen LogP contribution in [0.15, 0.2) is 24.3 Å². The van der Waals surface area contributed by atoms with E-state index in [2.05, 4.69) is 18.7 Å². The minimum absolute atomic E-state index is 0.0923.